The second-order valence-corrected chi connectivity index (χ2v) is 3.98. The Balaban J connectivity index is 2.80. The summed E-state index contributed by atoms with van der Waals surface area (Å²) < 4.78 is 26.1. The summed E-state index contributed by atoms with van der Waals surface area (Å²) in [5, 5.41) is 10.6. The highest BCUT2D eigenvalue weighted by Gasteiger charge is 2.21. The lowest BCUT2D eigenvalue weighted by Gasteiger charge is -2.14. The van der Waals surface area contributed by atoms with Gasteiger partial charge in [-0.15, -0.1) is 0 Å². The van der Waals surface area contributed by atoms with Crippen molar-refractivity contribution in [2.45, 2.75) is 18.9 Å². The highest BCUT2D eigenvalue weighted by molar-refractivity contribution is 5.97. The predicted octanol–water partition coefficient (Wildman–Crippen LogP) is 0.413. The number of halogens is 2. The van der Waals surface area contributed by atoms with Gasteiger partial charge in [-0.05, 0) is 18.6 Å². The fourth-order valence-corrected chi connectivity index (χ4v) is 1.46. The van der Waals surface area contributed by atoms with Crippen molar-refractivity contribution in [2.75, 3.05) is 0 Å². The first kappa shape index (κ1) is 15.5. The fraction of sp³-hybridized carbons (Fsp3) is 0.250. The summed E-state index contributed by atoms with van der Waals surface area (Å²) >= 11 is 0. The van der Waals surface area contributed by atoms with Gasteiger partial charge in [-0.2, -0.15) is 0 Å². The maximum Gasteiger partial charge on any atom is 0.303 e. The maximum absolute atomic E-state index is 13.4. The summed E-state index contributed by atoms with van der Waals surface area (Å²) in [4.78, 5) is 33.2. The average molecular weight is 286 g/mol. The first-order chi connectivity index (χ1) is 9.31. The number of aliphatic carboxylic acids is 1. The highest BCUT2D eigenvalue weighted by Crippen LogP contribution is 2.10. The van der Waals surface area contributed by atoms with E-state index in [0.717, 1.165) is 12.1 Å². The van der Waals surface area contributed by atoms with Crippen molar-refractivity contribution in [3.8, 4) is 0 Å². The molecule has 0 heterocycles. The molecule has 6 nitrogen and oxygen atoms in total. The van der Waals surface area contributed by atoms with Crippen molar-refractivity contribution in [2.24, 2.45) is 5.73 Å². The van der Waals surface area contributed by atoms with Crippen molar-refractivity contribution in [3.63, 3.8) is 0 Å². The van der Waals surface area contributed by atoms with Gasteiger partial charge >= 0.3 is 5.97 Å². The monoisotopic (exact) mass is 286 g/mol. The van der Waals surface area contributed by atoms with Crippen molar-refractivity contribution in [1.82, 2.24) is 5.32 Å². The third kappa shape index (κ3) is 4.30. The highest BCUT2D eigenvalue weighted by atomic mass is 19.1. The number of nitrogens with one attached hydrogen (secondary N) is 1. The fourth-order valence-electron chi connectivity index (χ4n) is 1.46. The van der Waals surface area contributed by atoms with Gasteiger partial charge in [0.2, 0.25) is 5.91 Å². The number of rotatable bonds is 6. The van der Waals surface area contributed by atoms with Crippen LogP contribution >= 0.6 is 0 Å². The van der Waals surface area contributed by atoms with Crippen molar-refractivity contribution in [1.29, 1.82) is 0 Å². The molecular weight excluding hydrogens is 274 g/mol. The van der Waals surface area contributed by atoms with Crippen LogP contribution in [-0.4, -0.2) is 28.9 Å². The summed E-state index contributed by atoms with van der Waals surface area (Å²) in [6, 6.07) is 1.07. The van der Waals surface area contributed by atoms with E-state index in [-0.39, 0.29) is 12.8 Å². The standard InChI is InChI=1S/C12H12F2N2O4/c13-6-1-2-7(8(14)5-6)12(20)16-9(11(15)19)3-4-10(17)18/h1-2,5,9H,3-4H2,(H2,15,19)(H,16,20)(H,17,18)/t9-/m0/s1. The SMILES string of the molecule is NC(=O)[C@H](CCC(=O)O)NC(=O)c1ccc(F)cc1F. The third-order valence-electron chi connectivity index (χ3n) is 2.47. The molecule has 1 rings (SSSR count). The first-order valence-electron chi connectivity index (χ1n) is 5.58. The number of hydrogen-bond acceptors (Lipinski definition) is 3. The lowest BCUT2D eigenvalue weighted by molar-refractivity contribution is -0.137. The number of hydrogen-bond donors (Lipinski definition) is 3. The van der Waals surface area contributed by atoms with Gasteiger partial charge < -0.3 is 16.2 Å². The van der Waals surface area contributed by atoms with E-state index in [1.165, 1.54) is 0 Å². The van der Waals surface area contributed by atoms with Crippen LogP contribution in [0.3, 0.4) is 0 Å². The van der Waals surface area contributed by atoms with Gasteiger partial charge in [-0.25, -0.2) is 8.78 Å². The predicted molar refractivity (Wildman–Crippen MR) is 63.7 cm³/mol. The Morgan fingerprint density at radius 3 is 2.45 bits per heavy atom. The Kier molecular flexibility index (Phi) is 5.13. The molecule has 0 aromatic heterocycles. The van der Waals surface area contributed by atoms with Gasteiger partial charge in [0.25, 0.3) is 5.91 Å². The van der Waals surface area contributed by atoms with E-state index >= 15 is 0 Å². The van der Waals surface area contributed by atoms with Crippen molar-refractivity contribution in [3.05, 3.63) is 35.4 Å². The Morgan fingerprint density at radius 1 is 1.30 bits per heavy atom. The van der Waals surface area contributed by atoms with Gasteiger partial charge in [0.1, 0.15) is 17.7 Å². The first-order valence-corrected chi connectivity index (χ1v) is 5.58. The number of nitrogens with two attached hydrogens (primary N) is 1. The second kappa shape index (κ2) is 6.60. The van der Waals surface area contributed by atoms with Gasteiger partial charge in [-0.1, -0.05) is 0 Å². The molecular formula is C12H12F2N2O4. The molecule has 0 unspecified atom stereocenters. The Bertz CT molecular complexity index is 548. The minimum absolute atomic E-state index is 0.223. The summed E-state index contributed by atoms with van der Waals surface area (Å²) in [5.74, 6) is -5.03. The summed E-state index contributed by atoms with van der Waals surface area (Å²) in [6.45, 7) is 0. The molecule has 0 saturated heterocycles. The number of amides is 2. The van der Waals surface area contributed by atoms with Crippen LogP contribution in [0.15, 0.2) is 18.2 Å². The zero-order chi connectivity index (χ0) is 15.3. The van der Waals surface area contributed by atoms with E-state index < -0.39 is 41.0 Å². The normalized spacial score (nSPS) is 11.7. The summed E-state index contributed by atoms with van der Waals surface area (Å²) in [6.07, 6.45) is -0.612. The van der Waals surface area contributed by atoms with Gasteiger partial charge in [-0.3, -0.25) is 14.4 Å². The minimum atomic E-state index is -1.25. The van der Waals surface area contributed by atoms with Crippen LogP contribution in [-0.2, 0) is 9.59 Å². The average Bonchev–Trinajstić information content (AvgIpc) is 2.33. The summed E-state index contributed by atoms with van der Waals surface area (Å²) in [5.41, 5.74) is 4.55. The molecule has 2 amide bonds. The third-order valence-corrected chi connectivity index (χ3v) is 2.47. The smallest absolute Gasteiger partial charge is 0.303 e. The van der Waals surface area contributed by atoms with Crippen LogP contribution in [0, 0.1) is 11.6 Å². The number of carbonyl (C=O) groups excluding carboxylic acids is 2. The van der Waals surface area contributed by atoms with Crippen LogP contribution in [0.4, 0.5) is 8.78 Å². The van der Waals surface area contributed by atoms with E-state index in [0.29, 0.717) is 6.07 Å². The lowest BCUT2D eigenvalue weighted by Crippen LogP contribution is -2.44. The molecule has 1 aromatic rings. The molecule has 0 bridgehead atoms. The molecule has 4 N–H and O–H groups in total. The Hall–Kier alpha value is -2.51. The van der Waals surface area contributed by atoms with E-state index in [4.69, 9.17) is 10.8 Å². The molecule has 0 radical (unpaired) electrons. The van der Waals surface area contributed by atoms with Gasteiger partial charge in [0.05, 0.1) is 5.56 Å². The van der Waals surface area contributed by atoms with Crippen LogP contribution in [0.25, 0.3) is 0 Å². The molecule has 108 valence electrons. The molecule has 1 aromatic carbocycles. The summed E-state index contributed by atoms with van der Waals surface area (Å²) in [7, 11) is 0. The maximum atomic E-state index is 13.4. The Labute approximate surface area is 112 Å². The second-order valence-electron chi connectivity index (χ2n) is 3.98. The van der Waals surface area contributed by atoms with Gasteiger partial charge in [0, 0.05) is 12.5 Å². The number of carbonyl (C=O) groups is 3. The number of benzene rings is 1. The lowest BCUT2D eigenvalue weighted by atomic mass is 10.1. The molecule has 1 atom stereocenters. The van der Waals surface area contributed by atoms with E-state index in [2.05, 4.69) is 5.32 Å². The molecule has 0 aliphatic carbocycles. The van der Waals surface area contributed by atoms with Crippen molar-refractivity contribution >= 4 is 17.8 Å². The molecule has 0 saturated carbocycles. The zero-order valence-electron chi connectivity index (χ0n) is 10.2. The molecule has 0 spiro atoms. The topological polar surface area (TPSA) is 109 Å². The molecule has 8 heteroatoms. The largest absolute Gasteiger partial charge is 0.481 e. The van der Waals surface area contributed by atoms with Crippen molar-refractivity contribution < 1.29 is 28.3 Å². The quantitative estimate of drug-likeness (QED) is 0.703. The minimum Gasteiger partial charge on any atom is -0.481 e. The molecule has 20 heavy (non-hydrogen) atoms. The van der Waals surface area contributed by atoms with Crippen LogP contribution < -0.4 is 11.1 Å². The Morgan fingerprint density at radius 2 is 1.95 bits per heavy atom. The van der Waals surface area contributed by atoms with Crippen LogP contribution in [0.2, 0.25) is 0 Å². The molecule has 0 aliphatic heterocycles. The number of carboxylic acids is 1. The van der Waals surface area contributed by atoms with Crippen LogP contribution in [0.5, 0.6) is 0 Å². The zero-order valence-corrected chi connectivity index (χ0v) is 10.2. The van der Waals surface area contributed by atoms with E-state index in [1.54, 1.807) is 0 Å². The number of primary amides is 1. The molecule has 0 aliphatic rings. The molecule has 0 fully saturated rings. The van der Waals surface area contributed by atoms with Crippen LogP contribution in [0.1, 0.15) is 23.2 Å². The number of carboxylic acid groups (broad SMARTS) is 1. The van der Waals surface area contributed by atoms with E-state index in [9.17, 15) is 23.2 Å². The van der Waals surface area contributed by atoms with Gasteiger partial charge in [0.15, 0.2) is 0 Å². The van der Waals surface area contributed by atoms with E-state index in [1.807, 2.05) is 0 Å².